The third kappa shape index (κ3) is 3.58. The van der Waals surface area contributed by atoms with Gasteiger partial charge in [0.05, 0.1) is 0 Å². The zero-order valence-electron chi connectivity index (χ0n) is 17.0. The van der Waals surface area contributed by atoms with E-state index in [1.54, 1.807) is 0 Å². The topological polar surface area (TPSA) is 26.3 Å². The van der Waals surface area contributed by atoms with E-state index >= 15 is 0 Å². The highest BCUT2D eigenvalue weighted by Gasteiger charge is 2.53. The average Bonchev–Trinajstić information content (AvgIpc) is 2.74. The lowest BCUT2D eigenvalue weighted by Crippen LogP contribution is -2.47. The molecule has 2 aliphatic carbocycles. The summed E-state index contributed by atoms with van der Waals surface area (Å²) >= 11 is 0. The van der Waals surface area contributed by atoms with E-state index in [2.05, 4.69) is 54.3 Å². The molecule has 0 radical (unpaired) electrons. The van der Waals surface area contributed by atoms with Crippen molar-refractivity contribution in [1.82, 2.24) is 0 Å². The summed E-state index contributed by atoms with van der Waals surface area (Å²) < 4.78 is 6.60. The van der Waals surface area contributed by atoms with Crippen molar-refractivity contribution in [2.24, 2.45) is 23.2 Å². The van der Waals surface area contributed by atoms with Crippen molar-refractivity contribution in [3.8, 4) is 0 Å². The third-order valence-electron chi connectivity index (χ3n) is 7.63. The van der Waals surface area contributed by atoms with Crippen LogP contribution >= 0.6 is 0 Å². The molecule has 3 heteroatoms. The number of allylic oxidation sites excluding steroid dienone is 1. The Morgan fingerprint density at radius 1 is 1.33 bits per heavy atom. The first kappa shape index (κ1) is 19.9. The average molecular weight is 351 g/mol. The smallest absolute Gasteiger partial charge is 0.191 e. The Bertz CT molecular complexity index is 502. The van der Waals surface area contributed by atoms with Gasteiger partial charge < -0.3 is 4.43 Å². The summed E-state index contributed by atoms with van der Waals surface area (Å²) in [6.45, 7) is 21.0. The Balaban J connectivity index is 2.19. The van der Waals surface area contributed by atoms with E-state index in [0.717, 1.165) is 25.9 Å². The molecule has 2 fully saturated rings. The number of carbonyl (C=O) groups is 1. The molecule has 1 spiro atoms. The van der Waals surface area contributed by atoms with E-state index in [-0.39, 0.29) is 16.4 Å². The van der Waals surface area contributed by atoms with Gasteiger partial charge in [0.25, 0.3) is 0 Å². The summed E-state index contributed by atoms with van der Waals surface area (Å²) in [6.07, 6.45) is 5.36. The molecule has 0 amide bonds. The minimum atomic E-state index is -1.74. The molecule has 24 heavy (non-hydrogen) atoms. The lowest BCUT2D eigenvalue weighted by Gasteiger charge is -2.49. The Labute approximate surface area is 150 Å². The first-order chi connectivity index (χ1) is 10.9. The van der Waals surface area contributed by atoms with Gasteiger partial charge in [-0.2, -0.15) is 0 Å². The Morgan fingerprint density at radius 3 is 2.42 bits per heavy atom. The summed E-state index contributed by atoms with van der Waals surface area (Å²) in [6, 6.07) is 0. The molecule has 2 rings (SSSR count). The van der Waals surface area contributed by atoms with Crippen LogP contribution in [0.25, 0.3) is 0 Å². The lowest BCUT2D eigenvalue weighted by atomic mass is 9.58. The quantitative estimate of drug-likeness (QED) is 0.460. The van der Waals surface area contributed by atoms with Crippen LogP contribution in [0, 0.1) is 23.2 Å². The molecule has 1 unspecified atom stereocenters. The van der Waals surface area contributed by atoms with Crippen LogP contribution in [0.2, 0.25) is 18.1 Å². The van der Waals surface area contributed by atoms with Gasteiger partial charge in [0.15, 0.2) is 8.32 Å². The van der Waals surface area contributed by atoms with Crippen molar-refractivity contribution in [3.63, 3.8) is 0 Å². The molecule has 4 atom stereocenters. The van der Waals surface area contributed by atoms with Crippen molar-refractivity contribution in [3.05, 3.63) is 12.2 Å². The van der Waals surface area contributed by atoms with Gasteiger partial charge in [0.1, 0.15) is 5.78 Å². The van der Waals surface area contributed by atoms with Crippen LogP contribution in [-0.2, 0) is 9.22 Å². The highest BCUT2D eigenvalue weighted by Crippen LogP contribution is 2.57. The lowest BCUT2D eigenvalue weighted by molar-refractivity contribution is -0.123. The molecule has 0 aromatic heterocycles. The summed E-state index contributed by atoms with van der Waals surface area (Å²) in [7, 11) is -1.74. The van der Waals surface area contributed by atoms with Gasteiger partial charge in [0.2, 0.25) is 0 Å². The molecule has 0 aliphatic heterocycles. The van der Waals surface area contributed by atoms with Crippen molar-refractivity contribution >= 4 is 14.1 Å². The normalized spacial score (nSPS) is 34.8. The molecule has 0 bridgehead atoms. The molecule has 0 aromatic carbocycles. The van der Waals surface area contributed by atoms with Gasteiger partial charge in [-0.05, 0) is 68.0 Å². The van der Waals surface area contributed by atoms with Crippen molar-refractivity contribution < 1.29 is 9.22 Å². The highest BCUT2D eigenvalue weighted by molar-refractivity contribution is 6.74. The maximum Gasteiger partial charge on any atom is 0.191 e. The molecule has 2 aliphatic rings. The van der Waals surface area contributed by atoms with Crippen molar-refractivity contribution in [1.29, 1.82) is 0 Å². The monoisotopic (exact) mass is 350 g/mol. The SMILES string of the molecule is C=C(C)[C@H]1CC[C@H](CO[Si](C)(C)C(C)(C)C)[C@]2(CCC(=O)C2C)C1. The van der Waals surface area contributed by atoms with Crippen molar-refractivity contribution in [2.45, 2.75) is 84.9 Å². The molecular formula is C21H38O2Si. The second-order valence-electron chi connectivity index (χ2n) is 10.0. The first-order valence-electron chi connectivity index (χ1n) is 9.73. The van der Waals surface area contributed by atoms with E-state index in [1.807, 2.05) is 0 Å². The second-order valence-corrected chi connectivity index (χ2v) is 14.8. The summed E-state index contributed by atoms with van der Waals surface area (Å²) in [4.78, 5) is 12.4. The molecule has 0 heterocycles. The van der Waals surface area contributed by atoms with Gasteiger partial charge in [0, 0.05) is 18.9 Å². The summed E-state index contributed by atoms with van der Waals surface area (Å²) in [5, 5.41) is 0.242. The highest BCUT2D eigenvalue weighted by atomic mass is 28.4. The van der Waals surface area contributed by atoms with Gasteiger partial charge in [-0.1, -0.05) is 39.8 Å². The summed E-state index contributed by atoms with van der Waals surface area (Å²) in [5.41, 5.74) is 1.45. The van der Waals surface area contributed by atoms with Gasteiger partial charge in [-0.3, -0.25) is 4.79 Å². The Morgan fingerprint density at radius 2 is 1.96 bits per heavy atom. The number of ketones is 1. The number of Topliss-reactive ketones (excluding diaryl/α,β-unsaturated/α-hetero) is 1. The van der Waals surface area contributed by atoms with Crippen LogP contribution in [0.5, 0.6) is 0 Å². The van der Waals surface area contributed by atoms with Crippen LogP contribution in [0.1, 0.15) is 66.7 Å². The fourth-order valence-electron chi connectivity index (χ4n) is 4.56. The van der Waals surface area contributed by atoms with Crippen LogP contribution in [0.4, 0.5) is 0 Å². The zero-order chi connectivity index (χ0) is 18.3. The molecule has 0 aromatic rings. The standard InChI is InChI=1S/C21H38O2Si/c1-15(2)17-9-10-18(14-23-24(7,8)20(4,5)6)21(13-17)12-11-19(22)16(21)3/h16-18H,1,9-14H2,2-8H3/t16?,17-,18+,21+/m0/s1. The molecule has 2 saturated carbocycles. The number of carbonyl (C=O) groups excluding carboxylic acids is 1. The van der Waals surface area contributed by atoms with E-state index in [9.17, 15) is 4.79 Å². The molecular weight excluding hydrogens is 312 g/mol. The fraction of sp³-hybridized carbons (Fsp3) is 0.857. The van der Waals surface area contributed by atoms with Gasteiger partial charge in [-0.15, -0.1) is 0 Å². The minimum absolute atomic E-state index is 0.154. The van der Waals surface area contributed by atoms with Crippen LogP contribution in [0.15, 0.2) is 12.2 Å². The number of hydrogen-bond donors (Lipinski definition) is 0. The number of rotatable bonds is 4. The van der Waals surface area contributed by atoms with E-state index in [1.165, 1.54) is 18.4 Å². The predicted molar refractivity (Wildman–Crippen MR) is 105 cm³/mol. The largest absolute Gasteiger partial charge is 0.417 e. The van der Waals surface area contributed by atoms with Gasteiger partial charge in [-0.25, -0.2) is 0 Å². The van der Waals surface area contributed by atoms with E-state index in [4.69, 9.17) is 4.43 Å². The number of hydrogen-bond acceptors (Lipinski definition) is 2. The van der Waals surface area contributed by atoms with Crippen LogP contribution < -0.4 is 0 Å². The van der Waals surface area contributed by atoms with E-state index < -0.39 is 8.32 Å². The zero-order valence-corrected chi connectivity index (χ0v) is 18.0. The Kier molecular flexibility index (Phi) is 5.57. The maximum atomic E-state index is 12.4. The molecule has 0 N–H and O–H groups in total. The van der Waals surface area contributed by atoms with Crippen molar-refractivity contribution in [2.75, 3.05) is 6.61 Å². The van der Waals surface area contributed by atoms with Crippen LogP contribution in [-0.4, -0.2) is 20.7 Å². The molecule has 138 valence electrons. The Hall–Kier alpha value is -0.413. The third-order valence-corrected chi connectivity index (χ3v) is 12.1. The molecule has 2 nitrogen and oxygen atoms in total. The second kappa shape index (κ2) is 6.72. The minimum Gasteiger partial charge on any atom is -0.417 e. The maximum absolute atomic E-state index is 12.4. The fourth-order valence-corrected chi connectivity index (χ4v) is 5.61. The van der Waals surface area contributed by atoms with Gasteiger partial charge >= 0.3 is 0 Å². The van der Waals surface area contributed by atoms with E-state index in [0.29, 0.717) is 17.6 Å². The first-order valence-corrected chi connectivity index (χ1v) is 12.6. The molecule has 0 saturated heterocycles. The van der Waals surface area contributed by atoms with Crippen LogP contribution in [0.3, 0.4) is 0 Å². The predicted octanol–water partition coefficient (Wildman–Crippen LogP) is 5.99. The summed E-state index contributed by atoms with van der Waals surface area (Å²) in [5.74, 6) is 1.77.